The van der Waals surface area contributed by atoms with Crippen molar-refractivity contribution in [1.82, 2.24) is 64.5 Å². The zero-order valence-corrected chi connectivity index (χ0v) is 74.7. The van der Waals surface area contributed by atoms with Gasteiger partial charge in [0.05, 0.1) is 32.5 Å². The second kappa shape index (κ2) is 44.9. The summed E-state index contributed by atoms with van der Waals surface area (Å²) in [5.41, 5.74) is 42.4. The smallest absolute Gasteiger partial charge is 0.320 e. The Bertz CT molecular complexity index is 5120. The fraction of sp³-hybridized carbons (Fsp3) is 0.464. The fourth-order valence-electron chi connectivity index (χ4n) is 17.1. The number of likely N-dealkylation sites (tertiary alicyclic amines) is 1. The van der Waals surface area contributed by atoms with Crippen LogP contribution in [0.3, 0.4) is 0 Å². The minimum absolute atomic E-state index is 0.227. The first-order chi connectivity index (χ1) is 61.4. The largest absolute Gasteiger partial charge is 0.463 e. The summed E-state index contributed by atoms with van der Waals surface area (Å²) in [4.78, 5) is 64.5. The molecule has 11 N–H and O–H groups in total. The molecule has 0 amide bonds. The number of piperazine rings is 1. The third kappa shape index (κ3) is 25.5. The standard InChI is InChI=1S/C25H34N6O.C25H36N6O.C25H30N6O.C22H31N7O/c1-18-12-22-23(26)28-25(27-14-21-8-5-11-32-21)29-24(22)31(15-18)17-20-7-4-6-19(13-20)16-30-9-2-3-10-30;1-4-5-13-32-25-27-23(26)22-14-19(2)16-31(24(22)28-25)18-21-8-6-7-20(15-21)17-30-11-9-29(3)10-12-30;1-3-4-12-32-25-29-23(26)21-13-18(2)16-31(24(21)30-25)17-20-9-7-8-19(14-20)15-28-22-10-5-6-11-27-22;1-3-4-6-25-22-26-20(23)18-12-16(2)14-29(21(18)27-22)15-17-5-7-24-19(13-17)28-8-10-30-11-9-28/h4,6-7,13,21H,1-3,5,8-12,14-17H2,(H3,26,27,28,29);6-8,15H,2,4-5,9-14,16-18H2,1,3H3,(H2,26,27,28);5-11,14H,2-4,12-13,15-17H2,1H3,(H,27,28)(H2,26,29,30);5,7,13H,2-4,6,8-12,14-15H2,1H3,(H3,23,25,26,27). The number of pyridine rings is 2. The first-order valence-corrected chi connectivity index (χ1v) is 45.4. The number of nitrogens with zero attached hydrogens (tertiary/aromatic N) is 18. The van der Waals surface area contributed by atoms with E-state index in [1.54, 1.807) is 6.20 Å². The first-order valence-electron chi connectivity index (χ1n) is 45.4. The van der Waals surface area contributed by atoms with Crippen LogP contribution in [0.5, 0.6) is 12.0 Å². The van der Waals surface area contributed by atoms with Crippen LogP contribution < -0.4 is 72.9 Å². The van der Waals surface area contributed by atoms with Crippen LogP contribution in [0.2, 0.25) is 0 Å². The SMILES string of the molecule is C=C1Cc2c(N)nc(NCC3CCCO3)nc2N(Cc2cccc(CN3CCCC3)c2)C1.C=C1Cc2c(N)nc(NCCCC)nc2N(Cc2ccnc(N3CCOCC3)c2)C1.C=C1Cc2c(N)nc(OCCCC)nc2N(Cc2cccc(CN3CCN(C)CC3)c2)C1.C=C1Cc2c(N)nc(OCCCC)nc2N(Cc2cccc(CNc3ccccn3)c2)C1. The molecule has 8 aliphatic rings. The Hall–Kier alpha value is -11.8. The van der Waals surface area contributed by atoms with Crippen molar-refractivity contribution in [2.45, 2.75) is 163 Å². The highest BCUT2D eigenvalue weighted by Gasteiger charge is 2.31. The summed E-state index contributed by atoms with van der Waals surface area (Å²) in [7, 11) is 2.19. The van der Waals surface area contributed by atoms with Gasteiger partial charge in [-0.1, -0.05) is 168 Å². The van der Waals surface area contributed by atoms with Crippen molar-refractivity contribution < 1.29 is 18.9 Å². The van der Waals surface area contributed by atoms with Crippen LogP contribution >= 0.6 is 0 Å². The normalized spacial score (nSPS) is 17.0. The molecule has 126 heavy (non-hydrogen) atoms. The maximum atomic E-state index is 6.36. The molecule has 29 nitrogen and oxygen atoms in total. The van der Waals surface area contributed by atoms with Crippen molar-refractivity contribution in [3.63, 3.8) is 0 Å². The summed E-state index contributed by atoms with van der Waals surface area (Å²) in [5.74, 6) is 8.62. The fourth-order valence-corrected chi connectivity index (χ4v) is 17.1. The molecule has 9 aromatic rings. The number of nitrogens with one attached hydrogen (secondary N) is 3. The Morgan fingerprint density at radius 3 is 1.36 bits per heavy atom. The predicted molar refractivity (Wildman–Crippen MR) is 508 cm³/mol. The number of likely N-dealkylation sites (N-methyl/N-ethyl adjacent to an activating group) is 1. The van der Waals surface area contributed by atoms with Gasteiger partial charge in [0.25, 0.3) is 0 Å². The molecule has 0 saturated carbocycles. The lowest BCUT2D eigenvalue weighted by molar-refractivity contribution is 0.120. The third-order valence-corrected chi connectivity index (χ3v) is 23.7. The van der Waals surface area contributed by atoms with Crippen molar-refractivity contribution in [3.8, 4) is 12.0 Å². The van der Waals surface area contributed by atoms with Crippen molar-refractivity contribution in [3.05, 3.63) is 225 Å². The van der Waals surface area contributed by atoms with Crippen molar-refractivity contribution in [2.24, 2.45) is 0 Å². The van der Waals surface area contributed by atoms with Gasteiger partial charge < -0.3 is 87.2 Å². The van der Waals surface area contributed by atoms with Crippen LogP contribution in [0.25, 0.3) is 0 Å². The van der Waals surface area contributed by atoms with Crippen LogP contribution in [-0.2, 0) is 81.0 Å². The predicted octanol–water partition coefficient (Wildman–Crippen LogP) is 13.5. The second-order valence-corrected chi connectivity index (χ2v) is 34.4. The number of rotatable bonds is 31. The number of unbranched alkanes of at least 4 members (excludes halogenated alkanes) is 3. The number of aromatic nitrogens is 10. The number of hydrogen-bond donors (Lipinski definition) is 7. The Morgan fingerprint density at radius 1 is 0.429 bits per heavy atom. The van der Waals surface area contributed by atoms with Gasteiger partial charge in [0, 0.05) is 191 Å². The lowest BCUT2D eigenvalue weighted by Crippen LogP contribution is -2.43. The van der Waals surface area contributed by atoms with E-state index < -0.39 is 0 Å². The molecule has 17 rings (SSSR count). The number of nitrogen functional groups attached to an aromatic ring is 4. The molecule has 29 heteroatoms. The van der Waals surface area contributed by atoms with Crippen LogP contribution in [0, 0.1) is 0 Å². The molecule has 1 unspecified atom stereocenters. The molecular weight excluding hydrogens is 1580 g/mol. The highest BCUT2D eigenvalue weighted by atomic mass is 16.5. The molecule has 0 radical (unpaired) electrons. The molecule has 3 aromatic carbocycles. The van der Waals surface area contributed by atoms with E-state index in [4.69, 9.17) is 61.8 Å². The summed E-state index contributed by atoms with van der Waals surface area (Å²) in [5, 5.41) is 10.0. The van der Waals surface area contributed by atoms with E-state index in [0.29, 0.717) is 86.5 Å². The highest BCUT2D eigenvalue weighted by Crippen LogP contribution is 2.39. The van der Waals surface area contributed by atoms with Crippen LogP contribution in [-0.4, -0.2) is 202 Å². The average Bonchev–Trinajstić information content (AvgIpc) is 0.836. The van der Waals surface area contributed by atoms with E-state index in [9.17, 15) is 0 Å². The van der Waals surface area contributed by atoms with E-state index in [2.05, 4.69) is 224 Å². The number of fused-ring (bicyclic) bond motifs is 4. The van der Waals surface area contributed by atoms with Gasteiger partial charge in [0.15, 0.2) is 0 Å². The first kappa shape index (κ1) is 90.5. The monoisotopic (exact) mass is 1710 g/mol. The second-order valence-electron chi connectivity index (χ2n) is 34.4. The van der Waals surface area contributed by atoms with Crippen molar-refractivity contribution >= 4 is 70.1 Å². The molecule has 14 heterocycles. The van der Waals surface area contributed by atoms with E-state index in [1.165, 1.54) is 64.9 Å². The van der Waals surface area contributed by atoms with Crippen LogP contribution in [0.1, 0.15) is 146 Å². The molecule has 8 aliphatic heterocycles. The zero-order chi connectivity index (χ0) is 87.7. The number of benzene rings is 3. The van der Waals surface area contributed by atoms with Gasteiger partial charge >= 0.3 is 12.0 Å². The number of anilines is 12. The summed E-state index contributed by atoms with van der Waals surface area (Å²) >= 11 is 0. The molecule has 0 spiro atoms. The number of morpholine rings is 1. The Morgan fingerprint density at radius 2 is 0.881 bits per heavy atom. The molecule has 668 valence electrons. The maximum absolute atomic E-state index is 6.36. The molecular formula is C97H131N25O4. The van der Waals surface area contributed by atoms with E-state index in [1.807, 2.05) is 24.4 Å². The third-order valence-electron chi connectivity index (χ3n) is 23.7. The molecule has 0 aliphatic carbocycles. The Balaban J connectivity index is 0.000000136. The molecule has 4 saturated heterocycles. The zero-order valence-electron chi connectivity index (χ0n) is 74.7. The number of ether oxygens (including phenoxy) is 4. The van der Waals surface area contributed by atoms with Gasteiger partial charge in [0.2, 0.25) is 11.9 Å². The van der Waals surface area contributed by atoms with Crippen molar-refractivity contribution in [2.75, 3.05) is 195 Å². The van der Waals surface area contributed by atoms with Crippen molar-refractivity contribution in [1.29, 1.82) is 0 Å². The Labute approximate surface area is 744 Å². The lowest BCUT2D eigenvalue weighted by Gasteiger charge is -2.33. The number of nitrogens with two attached hydrogens (primary N) is 4. The van der Waals surface area contributed by atoms with E-state index in [0.717, 1.165) is 275 Å². The van der Waals surface area contributed by atoms with Gasteiger partial charge in [-0.25, -0.2) is 9.97 Å². The van der Waals surface area contributed by atoms with Crippen LogP contribution in [0.15, 0.2) is 164 Å². The quantitative estimate of drug-likeness (QED) is 0.0157. The van der Waals surface area contributed by atoms with E-state index in [-0.39, 0.29) is 6.10 Å². The summed E-state index contributed by atoms with van der Waals surface area (Å²) < 4.78 is 22.7. The van der Waals surface area contributed by atoms with Crippen LogP contribution in [0.4, 0.5) is 70.1 Å². The number of hydrogen-bond acceptors (Lipinski definition) is 29. The minimum atomic E-state index is 0.227. The van der Waals surface area contributed by atoms with Gasteiger partial charge in [-0.15, -0.1) is 0 Å². The molecule has 0 bridgehead atoms. The molecule has 6 aromatic heterocycles. The lowest BCUT2D eigenvalue weighted by atomic mass is 10.0. The van der Waals surface area contributed by atoms with Gasteiger partial charge in [-0.3, -0.25) is 9.80 Å². The molecule has 4 fully saturated rings. The Kier molecular flexibility index (Phi) is 32.2. The van der Waals surface area contributed by atoms with Gasteiger partial charge in [-0.2, -0.15) is 39.9 Å². The average molecular weight is 1710 g/mol. The van der Waals surface area contributed by atoms with Gasteiger partial charge in [-0.05, 0) is 128 Å². The maximum Gasteiger partial charge on any atom is 0.320 e. The van der Waals surface area contributed by atoms with E-state index >= 15 is 0 Å². The summed E-state index contributed by atoms with van der Waals surface area (Å²) in [6, 6.07) is 37.1. The highest BCUT2D eigenvalue weighted by molar-refractivity contribution is 5.68. The summed E-state index contributed by atoms with van der Waals surface area (Å²) in [6.45, 7) is 45.8. The molecule has 1 atom stereocenters. The summed E-state index contributed by atoms with van der Waals surface area (Å²) in [6.07, 6.45) is 17.8. The minimum Gasteiger partial charge on any atom is -0.463 e. The topological polar surface area (TPSA) is 332 Å². The van der Waals surface area contributed by atoms with Gasteiger partial charge in [0.1, 0.15) is 58.2 Å².